The van der Waals surface area contributed by atoms with Crippen molar-refractivity contribution < 1.29 is 19.1 Å². The molecule has 3 aliphatic heterocycles. The summed E-state index contributed by atoms with van der Waals surface area (Å²) >= 11 is 3.50. The zero-order chi connectivity index (χ0) is 21.8. The summed E-state index contributed by atoms with van der Waals surface area (Å²) in [4.78, 5) is 43.7. The first kappa shape index (κ1) is 21.2. The molecule has 0 bridgehead atoms. The summed E-state index contributed by atoms with van der Waals surface area (Å²) < 4.78 is 6.02. The summed E-state index contributed by atoms with van der Waals surface area (Å²) in [6, 6.07) is 4.93. The van der Waals surface area contributed by atoms with Crippen LogP contribution in [0.4, 0.5) is 5.69 Å². The van der Waals surface area contributed by atoms with Crippen LogP contribution in [0.3, 0.4) is 0 Å². The number of ether oxygens (including phenoxy) is 1. The summed E-state index contributed by atoms with van der Waals surface area (Å²) in [5.74, 6) is -1.61. The Morgan fingerprint density at radius 3 is 2.53 bits per heavy atom. The van der Waals surface area contributed by atoms with Gasteiger partial charge in [0.25, 0.3) is 0 Å². The lowest BCUT2D eigenvalue weighted by Crippen LogP contribution is -2.51. The van der Waals surface area contributed by atoms with Crippen molar-refractivity contribution in [3.63, 3.8) is 0 Å². The normalized spacial score (nSPS) is 27.4. The predicted molar refractivity (Wildman–Crippen MR) is 118 cm³/mol. The molecular formula is C23H27BrN2O4. The van der Waals surface area contributed by atoms with Crippen LogP contribution in [0.15, 0.2) is 28.7 Å². The van der Waals surface area contributed by atoms with E-state index in [-0.39, 0.29) is 23.6 Å². The van der Waals surface area contributed by atoms with Gasteiger partial charge in [0.15, 0.2) is 5.78 Å². The van der Waals surface area contributed by atoms with Crippen molar-refractivity contribution in [1.29, 1.82) is 0 Å². The smallest absolute Gasteiger partial charge is 0.235 e. The quantitative estimate of drug-likeness (QED) is 0.483. The monoisotopic (exact) mass is 474 g/mol. The topological polar surface area (TPSA) is 66.9 Å². The van der Waals surface area contributed by atoms with Gasteiger partial charge < -0.3 is 9.64 Å². The van der Waals surface area contributed by atoms with Crippen molar-refractivity contribution >= 4 is 45.3 Å². The molecule has 2 fully saturated rings. The van der Waals surface area contributed by atoms with Crippen molar-refractivity contribution in [1.82, 2.24) is 4.90 Å². The Balaban J connectivity index is 1.78. The van der Waals surface area contributed by atoms with Gasteiger partial charge in [0.05, 0.1) is 17.9 Å². The lowest BCUT2D eigenvalue weighted by molar-refractivity contribution is -0.142. The number of hydrogen-bond acceptors (Lipinski definition) is 5. The van der Waals surface area contributed by atoms with Crippen LogP contribution in [0.25, 0.3) is 6.08 Å². The molecule has 4 atom stereocenters. The van der Waals surface area contributed by atoms with Gasteiger partial charge in [0, 0.05) is 35.8 Å². The number of fused-ring (bicyclic) bond motifs is 5. The number of halogens is 1. The maximum Gasteiger partial charge on any atom is 0.235 e. The molecule has 30 heavy (non-hydrogen) atoms. The SMILES string of the molecule is COCCCN1C(=O)[C@@H]2[C@H](C1=O)[C@H]1C=Cc3cc(Br)ccc3N1[C@H]2C(=O)C(C)(C)C. The highest BCUT2D eigenvalue weighted by Crippen LogP contribution is 2.50. The van der Waals surface area contributed by atoms with E-state index in [1.165, 1.54) is 4.90 Å². The number of likely N-dealkylation sites (tertiary alicyclic amines) is 1. The van der Waals surface area contributed by atoms with E-state index in [4.69, 9.17) is 4.74 Å². The number of benzene rings is 1. The zero-order valence-electron chi connectivity index (χ0n) is 17.7. The summed E-state index contributed by atoms with van der Waals surface area (Å²) in [6.07, 6.45) is 4.56. The van der Waals surface area contributed by atoms with Crippen LogP contribution in [-0.4, -0.2) is 54.8 Å². The second-order valence-corrected chi connectivity index (χ2v) is 10.2. The van der Waals surface area contributed by atoms with Gasteiger partial charge in [0.2, 0.25) is 11.8 Å². The summed E-state index contributed by atoms with van der Waals surface area (Å²) in [7, 11) is 1.60. The third kappa shape index (κ3) is 3.23. The van der Waals surface area contributed by atoms with Crippen molar-refractivity contribution in [2.24, 2.45) is 17.3 Å². The number of methoxy groups -OCH3 is 1. The molecular weight excluding hydrogens is 448 g/mol. The minimum atomic E-state index is -0.659. The molecule has 0 aliphatic carbocycles. The molecule has 1 aromatic carbocycles. The maximum atomic E-state index is 13.6. The number of rotatable bonds is 5. The van der Waals surface area contributed by atoms with E-state index >= 15 is 0 Å². The van der Waals surface area contributed by atoms with Crippen LogP contribution in [0.5, 0.6) is 0 Å². The van der Waals surface area contributed by atoms with Gasteiger partial charge in [0.1, 0.15) is 6.04 Å². The van der Waals surface area contributed by atoms with Crippen molar-refractivity contribution in [3.8, 4) is 0 Å². The van der Waals surface area contributed by atoms with Crippen molar-refractivity contribution in [3.05, 3.63) is 34.3 Å². The average Bonchev–Trinajstić information content (AvgIpc) is 3.15. The predicted octanol–water partition coefficient (Wildman–Crippen LogP) is 3.29. The molecule has 160 valence electrons. The third-order valence-corrected chi connectivity index (χ3v) is 6.79. The van der Waals surface area contributed by atoms with E-state index in [0.717, 1.165) is 15.7 Å². The molecule has 1 aromatic rings. The molecule has 0 spiro atoms. The molecule has 0 saturated carbocycles. The number of carbonyl (C=O) groups is 3. The van der Waals surface area contributed by atoms with Gasteiger partial charge >= 0.3 is 0 Å². The van der Waals surface area contributed by atoms with Crippen LogP contribution in [0, 0.1) is 17.3 Å². The minimum Gasteiger partial charge on any atom is -0.385 e. The third-order valence-electron chi connectivity index (χ3n) is 6.30. The molecule has 2 amide bonds. The van der Waals surface area contributed by atoms with E-state index in [0.29, 0.717) is 19.6 Å². The molecule has 0 unspecified atom stereocenters. The molecule has 7 heteroatoms. The van der Waals surface area contributed by atoms with Crippen LogP contribution >= 0.6 is 15.9 Å². The summed E-state index contributed by atoms with van der Waals surface area (Å²) in [6.45, 7) is 6.43. The minimum absolute atomic E-state index is 0.0101. The van der Waals surface area contributed by atoms with E-state index in [9.17, 15) is 14.4 Å². The van der Waals surface area contributed by atoms with E-state index < -0.39 is 23.3 Å². The molecule has 6 nitrogen and oxygen atoms in total. The number of Topliss-reactive ketones (excluding diaryl/α,β-unsaturated/α-hetero) is 1. The van der Waals surface area contributed by atoms with Gasteiger partial charge in [-0.25, -0.2) is 0 Å². The number of carbonyl (C=O) groups excluding carboxylic acids is 3. The first-order valence-corrected chi connectivity index (χ1v) is 11.1. The number of amides is 2. The van der Waals surface area contributed by atoms with Gasteiger partial charge in [-0.15, -0.1) is 0 Å². The number of hydrogen-bond donors (Lipinski definition) is 0. The zero-order valence-corrected chi connectivity index (χ0v) is 19.3. The molecule has 0 radical (unpaired) electrons. The fourth-order valence-corrected chi connectivity index (χ4v) is 5.32. The fourth-order valence-electron chi connectivity index (χ4n) is 4.94. The number of ketones is 1. The lowest BCUT2D eigenvalue weighted by Gasteiger charge is -2.38. The standard InChI is InChI=1S/C23H27BrN2O4/c1-23(2,3)20(27)19-18-17(21(28)25(22(18)29)10-5-11-30-4)16-8-6-13-12-14(24)7-9-15(13)26(16)19/h6-9,12,16-19H,5,10-11H2,1-4H3/t16-,17-,18-,19-/m1/s1. The largest absolute Gasteiger partial charge is 0.385 e. The molecule has 2 saturated heterocycles. The van der Waals surface area contributed by atoms with E-state index in [2.05, 4.69) is 15.9 Å². The molecule has 3 heterocycles. The Bertz CT molecular complexity index is 936. The highest BCUT2D eigenvalue weighted by molar-refractivity contribution is 9.10. The summed E-state index contributed by atoms with van der Waals surface area (Å²) in [5.41, 5.74) is 1.24. The highest BCUT2D eigenvalue weighted by Gasteiger charge is 2.64. The van der Waals surface area contributed by atoms with Gasteiger partial charge in [-0.1, -0.05) is 48.9 Å². The summed E-state index contributed by atoms with van der Waals surface area (Å²) in [5, 5.41) is 0. The van der Waals surface area contributed by atoms with Crippen LogP contribution in [0.1, 0.15) is 32.8 Å². The van der Waals surface area contributed by atoms with E-state index in [1.54, 1.807) is 7.11 Å². The van der Waals surface area contributed by atoms with E-state index in [1.807, 2.05) is 56.0 Å². The molecule has 0 aromatic heterocycles. The first-order valence-electron chi connectivity index (χ1n) is 10.3. The van der Waals surface area contributed by atoms with Crippen LogP contribution < -0.4 is 4.90 Å². The second kappa shape index (κ2) is 7.61. The fraction of sp³-hybridized carbons (Fsp3) is 0.522. The Kier molecular flexibility index (Phi) is 5.39. The maximum absolute atomic E-state index is 13.6. The Morgan fingerprint density at radius 2 is 1.87 bits per heavy atom. The average molecular weight is 475 g/mol. The van der Waals surface area contributed by atoms with Crippen LogP contribution in [0.2, 0.25) is 0 Å². The Morgan fingerprint density at radius 1 is 1.17 bits per heavy atom. The number of imide groups is 1. The Labute approximate surface area is 185 Å². The van der Waals surface area contributed by atoms with Crippen molar-refractivity contribution in [2.75, 3.05) is 25.2 Å². The Hall–Kier alpha value is -1.99. The molecule has 0 N–H and O–H groups in total. The number of nitrogens with zero attached hydrogens (tertiary/aromatic N) is 2. The van der Waals surface area contributed by atoms with Gasteiger partial charge in [-0.05, 0) is 30.2 Å². The van der Waals surface area contributed by atoms with Gasteiger partial charge in [-0.2, -0.15) is 0 Å². The first-order chi connectivity index (χ1) is 14.2. The molecule has 4 rings (SSSR count). The lowest BCUT2D eigenvalue weighted by atomic mass is 9.79. The highest BCUT2D eigenvalue weighted by atomic mass is 79.9. The van der Waals surface area contributed by atoms with Crippen LogP contribution in [-0.2, 0) is 19.1 Å². The van der Waals surface area contributed by atoms with Crippen molar-refractivity contribution in [2.45, 2.75) is 39.3 Å². The molecule has 3 aliphatic rings. The number of anilines is 1. The second-order valence-electron chi connectivity index (χ2n) is 9.25. The van der Waals surface area contributed by atoms with Gasteiger partial charge in [-0.3, -0.25) is 19.3 Å².